The maximum atomic E-state index is 12.8. The van der Waals surface area contributed by atoms with E-state index in [9.17, 15) is 37.1 Å². The molecule has 0 aromatic heterocycles. The van der Waals surface area contributed by atoms with Gasteiger partial charge in [-0.05, 0) is 12.1 Å². The lowest BCUT2D eigenvalue weighted by atomic mass is 10.3. The van der Waals surface area contributed by atoms with Crippen LogP contribution in [0.2, 0.25) is 0 Å². The summed E-state index contributed by atoms with van der Waals surface area (Å²) in [7, 11) is -8.46. The molecule has 1 saturated heterocycles. The van der Waals surface area contributed by atoms with Gasteiger partial charge < -0.3 is 0 Å². The molecule has 160 valence electrons. The zero-order valence-electron chi connectivity index (χ0n) is 15.3. The van der Waals surface area contributed by atoms with Gasteiger partial charge in [0.05, 0.1) is 9.85 Å². The first kappa shape index (κ1) is 21.8. The first-order valence-corrected chi connectivity index (χ1v) is 11.4. The summed E-state index contributed by atoms with van der Waals surface area (Å²) >= 11 is 0. The van der Waals surface area contributed by atoms with Gasteiger partial charge in [0.2, 0.25) is 20.0 Å². The molecule has 1 aliphatic rings. The van der Waals surface area contributed by atoms with Crippen LogP contribution in [-0.2, 0) is 20.0 Å². The molecule has 30 heavy (non-hydrogen) atoms. The number of sulfonamides is 2. The van der Waals surface area contributed by atoms with Crippen molar-refractivity contribution in [2.75, 3.05) is 26.2 Å². The van der Waals surface area contributed by atoms with Gasteiger partial charge in [-0.25, -0.2) is 16.8 Å². The maximum absolute atomic E-state index is 12.8. The molecular weight excluding hydrogens is 440 g/mol. The van der Waals surface area contributed by atoms with Crippen molar-refractivity contribution in [2.45, 2.75) is 9.79 Å². The van der Waals surface area contributed by atoms with Crippen LogP contribution in [-0.4, -0.2) is 61.5 Å². The summed E-state index contributed by atoms with van der Waals surface area (Å²) in [5, 5.41) is 22.3. The SMILES string of the molecule is O=[N+]([O-])c1ccccc1S(=O)(=O)N1CCN(S(=O)(=O)c2ccccc2[N+](=O)[O-])CC1. The lowest BCUT2D eigenvalue weighted by Crippen LogP contribution is -2.50. The molecular formula is C16H16N4O8S2. The molecule has 1 fully saturated rings. The van der Waals surface area contributed by atoms with E-state index in [0.29, 0.717) is 0 Å². The van der Waals surface area contributed by atoms with Crippen LogP contribution in [0, 0.1) is 20.2 Å². The number of para-hydroxylation sites is 2. The molecule has 0 N–H and O–H groups in total. The van der Waals surface area contributed by atoms with Gasteiger partial charge in [-0.2, -0.15) is 8.61 Å². The number of rotatable bonds is 6. The summed E-state index contributed by atoms with van der Waals surface area (Å²) in [5.74, 6) is 0. The van der Waals surface area contributed by atoms with Crippen LogP contribution in [0.3, 0.4) is 0 Å². The quantitative estimate of drug-likeness (QED) is 0.463. The number of benzene rings is 2. The molecule has 3 rings (SSSR count). The van der Waals surface area contributed by atoms with Gasteiger partial charge in [-0.15, -0.1) is 0 Å². The van der Waals surface area contributed by atoms with E-state index in [4.69, 9.17) is 0 Å². The van der Waals surface area contributed by atoms with Crippen molar-refractivity contribution < 1.29 is 26.7 Å². The van der Waals surface area contributed by atoms with E-state index < -0.39 is 51.1 Å². The molecule has 2 aromatic carbocycles. The third-order valence-corrected chi connectivity index (χ3v) is 8.45. The van der Waals surface area contributed by atoms with Crippen molar-refractivity contribution in [3.05, 3.63) is 68.8 Å². The van der Waals surface area contributed by atoms with Crippen molar-refractivity contribution in [1.82, 2.24) is 8.61 Å². The summed E-state index contributed by atoms with van der Waals surface area (Å²) in [6.45, 7) is -1.02. The zero-order chi connectivity index (χ0) is 22.1. The molecule has 0 spiro atoms. The number of piperazine rings is 1. The molecule has 0 unspecified atom stereocenters. The summed E-state index contributed by atoms with van der Waals surface area (Å²) in [4.78, 5) is 19.7. The monoisotopic (exact) mass is 456 g/mol. The van der Waals surface area contributed by atoms with E-state index in [2.05, 4.69) is 0 Å². The van der Waals surface area contributed by atoms with Crippen LogP contribution in [0.25, 0.3) is 0 Å². The van der Waals surface area contributed by atoms with Gasteiger partial charge in [0.25, 0.3) is 11.4 Å². The highest BCUT2D eigenvalue weighted by Gasteiger charge is 2.38. The molecule has 0 radical (unpaired) electrons. The van der Waals surface area contributed by atoms with Crippen LogP contribution in [0.15, 0.2) is 58.3 Å². The average molecular weight is 456 g/mol. The second-order valence-electron chi connectivity index (χ2n) is 6.26. The molecule has 1 heterocycles. The Morgan fingerprint density at radius 1 is 0.633 bits per heavy atom. The smallest absolute Gasteiger partial charge is 0.258 e. The predicted molar refractivity (Wildman–Crippen MR) is 104 cm³/mol. The Hall–Kier alpha value is -2.94. The molecule has 14 heteroatoms. The number of nitro groups is 2. The first-order chi connectivity index (χ1) is 14.1. The summed E-state index contributed by atoms with van der Waals surface area (Å²) in [6.07, 6.45) is 0. The van der Waals surface area contributed by atoms with Gasteiger partial charge in [0.15, 0.2) is 9.79 Å². The van der Waals surface area contributed by atoms with Crippen LogP contribution in [0.1, 0.15) is 0 Å². The fourth-order valence-corrected chi connectivity index (χ4v) is 6.24. The predicted octanol–water partition coefficient (Wildman–Crippen LogP) is 1.20. The van der Waals surface area contributed by atoms with E-state index in [1.807, 2.05) is 0 Å². The molecule has 0 saturated carbocycles. The second kappa shape index (κ2) is 8.06. The fourth-order valence-electron chi connectivity index (χ4n) is 3.08. The second-order valence-corrected chi connectivity index (χ2v) is 10.1. The third-order valence-electron chi connectivity index (χ3n) is 4.56. The van der Waals surface area contributed by atoms with Gasteiger partial charge in [-0.3, -0.25) is 20.2 Å². The highest BCUT2D eigenvalue weighted by molar-refractivity contribution is 7.89. The van der Waals surface area contributed by atoms with E-state index in [1.54, 1.807) is 0 Å². The van der Waals surface area contributed by atoms with E-state index in [0.717, 1.165) is 32.9 Å². The van der Waals surface area contributed by atoms with Gasteiger partial charge in [0, 0.05) is 38.3 Å². The standard InChI is InChI=1S/C16H16N4O8S2/c21-19(22)13-5-1-3-7-15(13)29(25,26)17-9-11-18(12-10-17)30(27,28)16-8-4-2-6-14(16)20(23)24/h1-8H,9-12H2. The Balaban J connectivity index is 1.85. The Morgan fingerprint density at radius 3 is 1.23 bits per heavy atom. The molecule has 0 bridgehead atoms. The highest BCUT2D eigenvalue weighted by Crippen LogP contribution is 2.30. The van der Waals surface area contributed by atoms with Gasteiger partial charge in [0.1, 0.15) is 0 Å². The minimum absolute atomic E-state index is 0.256. The summed E-state index contributed by atoms with van der Waals surface area (Å²) in [6, 6.07) is 9.77. The molecule has 2 aromatic rings. The number of hydrogen-bond acceptors (Lipinski definition) is 8. The Bertz CT molecular complexity index is 1110. The molecule has 12 nitrogen and oxygen atoms in total. The maximum Gasteiger partial charge on any atom is 0.289 e. The van der Waals surface area contributed by atoms with Crippen LogP contribution < -0.4 is 0 Å². The lowest BCUT2D eigenvalue weighted by Gasteiger charge is -2.33. The van der Waals surface area contributed by atoms with Crippen molar-refractivity contribution in [2.24, 2.45) is 0 Å². The van der Waals surface area contributed by atoms with Crippen molar-refractivity contribution in [1.29, 1.82) is 0 Å². The highest BCUT2D eigenvalue weighted by atomic mass is 32.2. The summed E-state index contributed by atoms with van der Waals surface area (Å²) in [5.41, 5.74) is -1.15. The van der Waals surface area contributed by atoms with Gasteiger partial charge >= 0.3 is 0 Å². The lowest BCUT2D eigenvalue weighted by molar-refractivity contribution is -0.388. The molecule has 0 amide bonds. The van der Waals surface area contributed by atoms with Crippen molar-refractivity contribution >= 4 is 31.4 Å². The first-order valence-electron chi connectivity index (χ1n) is 8.54. The number of nitro benzene ring substituents is 2. The molecule has 0 atom stereocenters. The van der Waals surface area contributed by atoms with Crippen molar-refractivity contribution in [3.8, 4) is 0 Å². The topological polar surface area (TPSA) is 161 Å². The van der Waals surface area contributed by atoms with Crippen molar-refractivity contribution in [3.63, 3.8) is 0 Å². The van der Waals surface area contributed by atoms with E-state index in [-0.39, 0.29) is 26.2 Å². The average Bonchev–Trinajstić information content (AvgIpc) is 2.73. The summed E-state index contributed by atoms with van der Waals surface area (Å²) < 4.78 is 53.3. The minimum Gasteiger partial charge on any atom is -0.258 e. The Labute approximate surface area is 171 Å². The number of nitrogens with zero attached hydrogens (tertiary/aromatic N) is 4. The Kier molecular flexibility index (Phi) is 5.85. The van der Waals surface area contributed by atoms with Crippen LogP contribution in [0.4, 0.5) is 11.4 Å². The Morgan fingerprint density at radius 2 is 0.933 bits per heavy atom. The molecule has 1 aliphatic heterocycles. The van der Waals surface area contributed by atoms with Crippen LogP contribution >= 0.6 is 0 Å². The number of hydrogen-bond donors (Lipinski definition) is 0. The van der Waals surface area contributed by atoms with E-state index in [1.165, 1.54) is 24.3 Å². The minimum atomic E-state index is -4.23. The van der Waals surface area contributed by atoms with Gasteiger partial charge in [-0.1, -0.05) is 24.3 Å². The zero-order valence-corrected chi connectivity index (χ0v) is 17.0. The fraction of sp³-hybridized carbons (Fsp3) is 0.250. The third kappa shape index (κ3) is 3.89. The van der Waals surface area contributed by atoms with Crippen LogP contribution in [0.5, 0.6) is 0 Å². The largest absolute Gasteiger partial charge is 0.289 e. The normalized spacial score (nSPS) is 16.3. The van der Waals surface area contributed by atoms with E-state index >= 15 is 0 Å². The molecule has 0 aliphatic carbocycles.